The highest BCUT2D eigenvalue weighted by Gasteiger charge is 2.33. The second-order valence-corrected chi connectivity index (χ2v) is 8.17. The van der Waals surface area contributed by atoms with Crippen molar-refractivity contribution < 1.29 is 23.1 Å². The van der Waals surface area contributed by atoms with Gasteiger partial charge >= 0.3 is 5.97 Å². The number of amides is 1. The lowest BCUT2D eigenvalue weighted by molar-refractivity contribution is -0.138. The van der Waals surface area contributed by atoms with E-state index < -0.39 is 21.7 Å². The van der Waals surface area contributed by atoms with Gasteiger partial charge in [0.25, 0.3) is 0 Å². The molecule has 1 rings (SSSR count). The molecule has 0 aromatic heterocycles. The number of carbonyl (C=O) groups excluding carboxylic acids is 1. The lowest BCUT2D eigenvalue weighted by atomic mass is 9.94. The third kappa shape index (κ3) is 5.90. The summed E-state index contributed by atoms with van der Waals surface area (Å²) >= 11 is 0. The minimum Gasteiger partial charge on any atom is -0.481 e. The highest BCUT2D eigenvalue weighted by atomic mass is 32.2. The maximum absolute atomic E-state index is 11.9. The second kappa shape index (κ2) is 7.06. The van der Waals surface area contributed by atoms with E-state index in [2.05, 4.69) is 5.32 Å². The number of nitrogens with one attached hydrogen (secondary N) is 1. The number of carbonyl (C=O) groups is 2. The zero-order valence-corrected chi connectivity index (χ0v) is 12.8. The van der Waals surface area contributed by atoms with Crippen LogP contribution in [0.5, 0.6) is 0 Å². The molecule has 0 bridgehead atoms. The Bertz CT molecular complexity index is 457. The molecule has 0 aromatic carbocycles. The SMILES string of the molecule is CC(C)C[C@H](CNC(=O)C1CCS(=O)(=O)C1)CC(=O)O. The van der Waals surface area contributed by atoms with Gasteiger partial charge in [-0.3, -0.25) is 9.59 Å². The Balaban J connectivity index is 2.46. The van der Waals surface area contributed by atoms with Crippen LogP contribution in [-0.2, 0) is 19.4 Å². The van der Waals surface area contributed by atoms with Crippen LogP contribution >= 0.6 is 0 Å². The first-order valence-corrected chi connectivity index (χ1v) is 8.71. The van der Waals surface area contributed by atoms with Crippen molar-refractivity contribution in [3.63, 3.8) is 0 Å². The summed E-state index contributed by atoms with van der Waals surface area (Å²) in [6.45, 7) is 4.29. The Kier molecular flexibility index (Phi) is 5.98. The first-order chi connectivity index (χ1) is 9.19. The van der Waals surface area contributed by atoms with Gasteiger partial charge < -0.3 is 10.4 Å². The Hall–Kier alpha value is -1.11. The molecule has 1 aliphatic rings. The van der Waals surface area contributed by atoms with E-state index in [-0.39, 0.29) is 29.8 Å². The molecular formula is C13H23NO5S. The van der Waals surface area contributed by atoms with Crippen LogP contribution in [0.1, 0.15) is 33.1 Å². The number of hydrogen-bond acceptors (Lipinski definition) is 4. The van der Waals surface area contributed by atoms with Crippen molar-refractivity contribution in [3.05, 3.63) is 0 Å². The molecule has 116 valence electrons. The molecule has 1 heterocycles. The van der Waals surface area contributed by atoms with Crippen molar-refractivity contribution in [2.24, 2.45) is 17.8 Å². The fourth-order valence-corrected chi connectivity index (χ4v) is 4.28. The average molecular weight is 305 g/mol. The first-order valence-electron chi connectivity index (χ1n) is 6.89. The normalized spacial score (nSPS) is 22.6. The van der Waals surface area contributed by atoms with Crippen molar-refractivity contribution in [2.45, 2.75) is 33.1 Å². The maximum atomic E-state index is 11.9. The highest BCUT2D eigenvalue weighted by molar-refractivity contribution is 7.91. The smallest absolute Gasteiger partial charge is 0.303 e. The van der Waals surface area contributed by atoms with Crippen molar-refractivity contribution >= 4 is 21.7 Å². The van der Waals surface area contributed by atoms with Gasteiger partial charge in [-0.25, -0.2) is 8.42 Å². The molecule has 1 fully saturated rings. The lowest BCUT2D eigenvalue weighted by Gasteiger charge is -2.19. The Labute approximate surface area is 119 Å². The van der Waals surface area contributed by atoms with Crippen LogP contribution in [0.3, 0.4) is 0 Å². The van der Waals surface area contributed by atoms with Crippen LogP contribution in [0.15, 0.2) is 0 Å². The van der Waals surface area contributed by atoms with E-state index in [4.69, 9.17) is 5.11 Å². The van der Waals surface area contributed by atoms with E-state index in [1.165, 1.54) is 0 Å². The summed E-state index contributed by atoms with van der Waals surface area (Å²) in [5.41, 5.74) is 0. The van der Waals surface area contributed by atoms with E-state index in [1.807, 2.05) is 13.8 Å². The van der Waals surface area contributed by atoms with Crippen LogP contribution < -0.4 is 5.32 Å². The minimum atomic E-state index is -3.07. The standard InChI is InChI=1S/C13H23NO5S/c1-9(2)5-10(6-12(15)16)7-14-13(17)11-3-4-20(18,19)8-11/h9-11H,3-8H2,1-2H3,(H,14,17)(H,15,16)/t10-,11?/m0/s1. The van der Waals surface area contributed by atoms with Crippen LogP contribution in [-0.4, -0.2) is 43.5 Å². The Morgan fingerprint density at radius 2 is 2.00 bits per heavy atom. The van der Waals surface area contributed by atoms with Gasteiger partial charge in [-0.2, -0.15) is 0 Å². The minimum absolute atomic E-state index is 0.0153. The van der Waals surface area contributed by atoms with E-state index in [1.54, 1.807) is 0 Å². The molecule has 1 amide bonds. The van der Waals surface area contributed by atoms with Crippen LogP contribution in [0.2, 0.25) is 0 Å². The molecule has 6 nitrogen and oxygen atoms in total. The zero-order chi connectivity index (χ0) is 15.3. The fourth-order valence-electron chi connectivity index (χ4n) is 2.54. The van der Waals surface area contributed by atoms with Crippen LogP contribution in [0, 0.1) is 17.8 Å². The van der Waals surface area contributed by atoms with E-state index in [0.29, 0.717) is 18.9 Å². The quantitative estimate of drug-likeness (QED) is 0.720. The van der Waals surface area contributed by atoms with Crippen molar-refractivity contribution in [1.82, 2.24) is 5.32 Å². The summed E-state index contributed by atoms with van der Waals surface area (Å²) in [6, 6.07) is 0. The molecule has 20 heavy (non-hydrogen) atoms. The molecule has 2 N–H and O–H groups in total. The first kappa shape index (κ1) is 16.9. The number of aliphatic carboxylic acids is 1. The van der Waals surface area contributed by atoms with E-state index >= 15 is 0 Å². The molecule has 2 atom stereocenters. The zero-order valence-electron chi connectivity index (χ0n) is 12.0. The van der Waals surface area contributed by atoms with E-state index in [0.717, 1.165) is 6.42 Å². The average Bonchev–Trinajstić information content (AvgIpc) is 2.64. The second-order valence-electron chi connectivity index (χ2n) is 5.94. The molecule has 0 saturated carbocycles. The summed E-state index contributed by atoms with van der Waals surface area (Å²) in [6.07, 6.45) is 1.10. The highest BCUT2D eigenvalue weighted by Crippen LogP contribution is 2.19. The summed E-state index contributed by atoms with van der Waals surface area (Å²) < 4.78 is 22.6. The van der Waals surface area contributed by atoms with Crippen molar-refractivity contribution in [1.29, 1.82) is 0 Å². The summed E-state index contributed by atoms with van der Waals surface area (Å²) in [7, 11) is -3.07. The Morgan fingerprint density at radius 3 is 2.45 bits per heavy atom. The topological polar surface area (TPSA) is 101 Å². The molecule has 0 aromatic rings. The molecule has 1 aliphatic heterocycles. The molecule has 0 spiro atoms. The third-order valence-corrected chi connectivity index (χ3v) is 5.20. The van der Waals surface area contributed by atoms with Crippen LogP contribution in [0.4, 0.5) is 0 Å². The number of sulfone groups is 1. The Morgan fingerprint density at radius 1 is 1.35 bits per heavy atom. The summed E-state index contributed by atoms with van der Waals surface area (Å²) in [5, 5.41) is 11.6. The molecular weight excluding hydrogens is 282 g/mol. The summed E-state index contributed by atoms with van der Waals surface area (Å²) in [5.74, 6) is -1.43. The lowest BCUT2D eigenvalue weighted by Crippen LogP contribution is -2.36. The van der Waals surface area contributed by atoms with E-state index in [9.17, 15) is 18.0 Å². The van der Waals surface area contributed by atoms with Crippen molar-refractivity contribution in [2.75, 3.05) is 18.1 Å². The number of rotatable bonds is 7. The van der Waals surface area contributed by atoms with Gasteiger partial charge in [0.2, 0.25) is 5.91 Å². The molecule has 7 heteroatoms. The van der Waals surface area contributed by atoms with Gasteiger partial charge in [0.1, 0.15) is 0 Å². The summed E-state index contributed by atoms with van der Waals surface area (Å²) in [4.78, 5) is 22.7. The van der Waals surface area contributed by atoms with Gasteiger partial charge in [-0.15, -0.1) is 0 Å². The van der Waals surface area contributed by atoms with Gasteiger partial charge in [0, 0.05) is 13.0 Å². The van der Waals surface area contributed by atoms with Crippen LogP contribution in [0.25, 0.3) is 0 Å². The fraction of sp³-hybridized carbons (Fsp3) is 0.846. The molecule has 1 saturated heterocycles. The predicted molar refractivity (Wildman–Crippen MR) is 75.0 cm³/mol. The predicted octanol–water partition coefficient (Wildman–Crippen LogP) is 0.674. The van der Waals surface area contributed by atoms with Crippen molar-refractivity contribution in [3.8, 4) is 0 Å². The number of carboxylic acids is 1. The maximum Gasteiger partial charge on any atom is 0.303 e. The van der Waals surface area contributed by atoms with Gasteiger partial charge in [-0.05, 0) is 24.7 Å². The largest absolute Gasteiger partial charge is 0.481 e. The third-order valence-electron chi connectivity index (χ3n) is 3.44. The molecule has 1 unspecified atom stereocenters. The van der Waals surface area contributed by atoms with Gasteiger partial charge in [0.05, 0.1) is 17.4 Å². The monoisotopic (exact) mass is 305 g/mol. The van der Waals surface area contributed by atoms with Gasteiger partial charge in [0.15, 0.2) is 9.84 Å². The number of carboxylic acid groups (broad SMARTS) is 1. The number of hydrogen-bond donors (Lipinski definition) is 2. The van der Waals surface area contributed by atoms with Gasteiger partial charge in [-0.1, -0.05) is 13.8 Å². The molecule has 0 radical (unpaired) electrons. The molecule has 0 aliphatic carbocycles.